The van der Waals surface area contributed by atoms with Gasteiger partial charge in [-0.3, -0.25) is 9.59 Å². The molecule has 8 nitrogen and oxygen atoms in total. The van der Waals surface area contributed by atoms with E-state index in [2.05, 4.69) is 25.5 Å². The van der Waals surface area contributed by atoms with Gasteiger partial charge in [-0.25, -0.2) is 0 Å². The number of H-pyrrole nitrogens is 1. The molecule has 1 heterocycles. The second-order valence-electron chi connectivity index (χ2n) is 3.96. The van der Waals surface area contributed by atoms with Crippen molar-refractivity contribution in [2.45, 2.75) is 6.42 Å². The number of aromatic amines is 1. The van der Waals surface area contributed by atoms with Crippen molar-refractivity contribution in [3.63, 3.8) is 0 Å². The number of nitrogens with one attached hydrogen (secondary N) is 2. The number of hydrogen-bond donors (Lipinski definition) is 3. The number of aromatic nitrogens is 3. The number of carbonyl (C=O) groups excluding carboxylic acids is 2. The third-order valence-corrected chi connectivity index (χ3v) is 2.58. The van der Waals surface area contributed by atoms with Crippen molar-refractivity contribution in [3.05, 3.63) is 35.5 Å². The lowest BCUT2D eigenvalue weighted by molar-refractivity contribution is -0.139. The van der Waals surface area contributed by atoms with Gasteiger partial charge in [0.1, 0.15) is 0 Å². The molecular formula is C12H13N5O3. The van der Waals surface area contributed by atoms with E-state index >= 15 is 0 Å². The van der Waals surface area contributed by atoms with Crippen LogP contribution in [0.15, 0.2) is 24.3 Å². The molecule has 2 aromatic rings. The van der Waals surface area contributed by atoms with E-state index in [0.717, 1.165) is 5.56 Å². The molecule has 0 atom stereocenters. The van der Waals surface area contributed by atoms with Gasteiger partial charge in [-0.15, -0.1) is 10.2 Å². The summed E-state index contributed by atoms with van der Waals surface area (Å²) < 4.78 is 4.57. The van der Waals surface area contributed by atoms with E-state index in [1.54, 1.807) is 24.3 Å². The Balaban J connectivity index is 2.02. The van der Waals surface area contributed by atoms with E-state index in [1.807, 2.05) is 0 Å². The number of nitrogens with zero attached hydrogens (tertiary/aromatic N) is 2. The fraction of sp³-hybridized carbons (Fsp3) is 0.167. The molecule has 0 aliphatic heterocycles. The van der Waals surface area contributed by atoms with Gasteiger partial charge in [0.05, 0.1) is 13.5 Å². The highest BCUT2D eigenvalue weighted by molar-refractivity contribution is 6.05. The third-order valence-electron chi connectivity index (χ3n) is 2.58. The van der Waals surface area contributed by atoms with Gasteiger partial charge in [-0.1, -0.05) is 12.1 Å². The van der Waals surface area contributed by atoms with E-state index in [9.17, 15) is 9.59 Å². The SMILES string of the molecule is COC(=O)Cc1ccc(NC(=O)c2n[nH]nc2N)cc1. The highest BCUT2D eigenvalue weighted by Crippen LogP contribution is 2.12. The Morgan fingerprint density at radius 2 is 2.00 bits per heavy atom. The Hall–Kier alpha value is -2.90. The molecule has 0 aliphatic carbocycles. The summed E-state index contributed by atoms with van der Waals surface area (Å²) in [5.41, 5.74) is 6.85. The van der Waals surface area contributed by atoms with E-state index in [1.165, 1.54) is 7.11 Å². The zero-order valence-electron chi connectivity index (χ0n) is 10.7. The lowest BCUT2D eigenvalue weighted by Crippen LogP contribution is -2.14. The van der Waals surface area contributed by atoms with Crippen molar-refractivity contribution in [1.29, 1.82) is 0 Å². The first-order valence-electron chi connectivity index (χ1n) is 5.73. The predicted octanol–water partition coefficient (Wildman–Crippen LogP) is 0.355. The van der Waals surface area contributed by atoms with Gasteiger partial charge in [0.15, 0.2) is 11.5 Å². The Kier molecular flexibility index (Phi) is 3.94. The van der Waals surface area contributed by atoms with Crippen molar-refractivity contribution in [1.82, 2.24) is 15.4 Å². The number of ether oxygens (including phenoxy) is 1. The summed E-state index contributed by atoms with van der Waals surface area (Å²) in [6, 6.07) is 6.79. The number of nitrogens with two attached hydrogens (primary N) is 1. The van der Waals surface area contributed by atoms with Crippen molar-refractivity contribution < 1.29 is 14.3 Å². The second-order valence-corrected chi connectivity index (χ2v) is 3.96. The molecule has 104 valence electrons. The quantitative estimate of drug-likeness (QED) is 0.692. The molecule has 2 rings (SSSR count). The molecule has 0 aliphatic rings. The molecule has 20 heavy (non-hydrogen) atoms. The first-order chi connectivity index (χ1) is 9.60. The van der Waals surface area contributed by atoms with Gasteiger partial charge >= 0.3 is 5.97 Å². The zero-order valence-corrected chi connectivity index (χ0v) is 10.7. The molecule has 0 saturated heterocycles. The largest absolute Gasteiger partial charge is 0.469 e. The fourth-order valence-corrected chi connectivity index (χ4v) is 1.54. The molecule has 0 bridgehead atoms. The van der Waals surface area contributed by atoms with Crippen LogP contribution in [0, 0.1) is 0 Å². The summed E-state index contributed by atoms with van der Waals surface area (Å²) in [6.45, 7) is 0. The van der Waals surface area contributed by atoms with Crippen LogP contribution in [0.1, 0.15) is 16.1 Å². The number of benzene rings is 1. The van der Waals surface area contributed by atoms with Crippen molar-refractivity contribution in [3.8, 4) is 0 Å². The van der Waals surface area contributed by atoms with Gasteiger partial charge in [0, 0.05) is 5.69 Å². The van der Waals surface area contributed by atoms with Crippen LogP contribution < -0.4 is 11.1 Å². The summed E-state index contributed by atoms with van der Waals surface area (Å²) in [6.07, 6.45) is 0.182. The van der Waals surface area contributed by atoms with Gasteiger partial charge < -0.3 is 15.8 Å². The van der Waals surface area contributed by atoms with Gasteiger partial charge in [0.25, 0.3) is 5.91 Å². The van der Waals surface area contributed by atoms with Crippen LogP contribution in [-0.4, -0.2) is 34.4 Å². The van der Waals surface area contributed by atoms with Gasteiger partial charge in [-0.2, -0.15) is 5.21 Å². The topological polar surface area (TPSA) is 123 Å². The maximum Gasteiger partial charge on any atom is 0.309 e. The smallest absolute Gasteiger partial charge is 0.309 e. The van der Waals surface area contributed by atoms with Crippen molar-refractivity contribution >= 4 is 23.4 Å². The average Bonchev–Trinajstić information content (AvgIpc) is 2.87. The highest BCUT2D eigenvalue weighted by Gasteiger charge is 2.14. The zero-order chi connectivity index (χ0) is 14.5. The minimum Gasteiger partial charge on any atom is -0.469 e. The summed E-state index contributed by atoms with van der Waals surface area (Å²) in [4.78, 5) is 22.9. The number of methoxy groups -OCH3 is 1. The molecule has 0 unspecified atom stereocenters. The van der Waals surface area contributed by atoms with Gasteiger partial charge in [0.2, 0.25) is 0 Å². The molecule has 1 aromatic carbocycles. The number of carbonyl (C=O) groups is 2. The number of hydrogen-bond acceptors (Lipinski definition) is 6. The average molecular weight is 275 g/mol. The summed E-state index contributed by atoms with van der Waals surface area (Å²) >= 11 is 0. The van der Waals surface area contributed by atoms with Crippen LogP contribution in [0.5, 0.6) is 0 Å². The van der Waals surface area contributed by atoms with Crippen LogP contribution >= 0.6 is 0 Å². The fourth-order valence-electron chi connectivity index (χ4n) is 1.54. The molecule has 0 spiro atoms. The molecule has 0 saturated carbocycles. The minimum atomic E-state index is -0.461. The van der Waals surface area contributed by atoms with Crippen molar-refractivity contribution in [2.75, 3.05) is 18.2 Å². The Morgan fingerprint density at radius 1 is 1.30 bits per heavy atom. The molecule has 1 aromatic heterocycles. The molecule has 0 fully saturated rings. The molecule has 0 radical (unpaired) electrons. The van der Waals surface area contributed by atoms with Crippen LogP contribution in [0.4, 0.5) is 11.5 Å². The van der Waals surface area contributed by atoms with E-state index in [4.69, 9.17) is 5.73 Å². The predicted molar refractivity (Wildman–Crippen MR) is 70.9 cm³/mol. The van der Waals surface area contributed by atoms with E-state index in [0.29, 0.717) is 5.69 Å². The standard InChI is InChI=1S/C12H13N5O3/c1-20-9(18)6-7-2-4-8(5-3-7)14-12(19)10-11(13)16-17-15-10/h2-5H,6H2,1H3,(H,14,19)(H3,13,15,16,17). The maximum absolute atomic E-state index is 11.8. The number of rotatable bonds is 4. The Morgan fingerprint density at radius 3 is 2.55 bits per heavy atom. The minimum absolute atomic E-state index is 0.0311. The molecule has 1 amide bonds. The molecular weight excluding hydrogens is 262 g/mol. The molecule has 4 N–H and O–H groups in total. The normalized spacial score (nSPS) is 10.1. The Labute approximate surface area is 114 Å². The van der Waals surface area contributed by atoms with E-state index in [-0.39, 0.29) is 23.9 Å². The number of nitrogen functional groups attached to an aromatic ring is 1. The summed E-state index contributed by atoms with van der Waals surface area (Å²) in [5.74, 6) is -0.751. The number of amides is 1. The van der Waals surface area contributed by atoms with E-state index < -0.39 is 5.91 Å². The summed E-state index contributed by atoms with van der Waals surface area (Å²) in [5, 5.41) is 12.1. The first kappa shape index (κ1) is 13.5. The maximum atomic E-state index is 11.8. The highest BCUT2D eigenvalue weighted by atomic mass is 16.5. The molecule has 8 heteroatoms. The number of anilines is 2. The van der Waals surface area contributed by atoms with Crippen LogP contribution in [0.2, 0.25) is 0 Å². The van der Waals surface area contributed by atoms with Crippen LogP contribution in [0.25, 0.3) is 0 Å². The first-order valence-corrected chi connectivity index (χ1v) is 5.73. The lowest BCUT2D eigenvalue weighted by atomic mass is 10.1. The third kappa shape index (κ3) is 3.10. The second kappa shape index (κ2) is 5.83. The van der Waals surface area contributed by atoms with Crippen molar-refractivity contribution in [2.24, 2.45) is 0 Å². The monoisotopic (exact) mass is 275 g/mol. The Bertz CT molecular complexity index is 620. The van der Waals surface area contributed by atoms with Crippen LogP contribution in [-0.2, 0) is 16.0 Å². The van der Waals surface area contributed by atoms with Crippen LogP contribution in [0.3, 0.4) is 0 Å². The van der Waals surface area contributed by atoms with Gasteiger partial charge in [-0.05, 0) is 17.7 Å². The lowest BCUT2D eigenvalue weighted by Gasteiger charge is -2.05. The summed E-state index contributed by atoms with van der Waals surface area (Å²) in [7, 11) is 1.33. The number of esters is 1.